The average molecular weight is 183 g/mol. The zero-order chi connectivity index (χ0) is 8.97. The van der Waals surface area contributed by atoms with E-state index in [1.54, 1.807) is 19.2 Å². The minimum absolute atomic E-state index is 0.390. The van der Waals surface area contributed by atoms with Gasteiger partial charge in [0.15, 0.2) is 5.16 Å². The van der Waals surface area contributed by atoms with Gasteiger partial charge in [0.25, 0.3) is 0 Å². The van der Waals surface area contributed by atoms with Gasteiger partial charge in [-0.15, -0.1) is 0 Å². The maximum Gasteiger partial charge on any atom is 0.187 e. The molecule has 0 aromatic carbocycles. The third-order valence-electron chi connectivity index (χ3n) is 1.42. The molecule has 1 heterocycles. The van der Waals surface area contributed by atoms with Gasteiger partial charge in [0, 0.05) is 6.20 Å². The minimum atomic E-state index is -0.390. The summed E-state index contributed by atoms with van der Waals surface area (Å²) in [7, 11) is 0. The van der Waals surface area contributed by atoms with Gasteiger partial charge < -0.3 is 0 Å². The summed E-state index contributed by atoms with van der Waals surface area (Å²) in [5.41, 5.74) is 0.671. The predicted molar refractivity (Wildman–Crippen MR) is 48.0 cm³/mol. The molecule has 1 atom stereocenters. The lowest BCUT2D eigenvalue weighted by Gasteiger charge is -2.01. The highest BCUT2D eigenvalue weighted by molar-refractivity contribution is 7.98. The first-order chi connectivity index (χ1) is 5.77. The van der Waals surface area contributed by atoms with E-state index in [1.807, 2.05) is 6.26 Å². The second-order valence-corrected chi connectivity index (χ2v) is 3.02. The molecular weight excluding hydrogens is 174 g/mol. The summed E-state index contributed by atoms with van der Waals surface area (Å²) in [5.74, 6) is 0. The highest BCUT2D eigenvalue weighted by Crippen LogP contribution is 2.15. The van der Waals surface area contributed by atoms with Crippen molar-refractivity contribution >= 4 is 11.8 Å². The number of aromatic nitrogens is 2. The van der Waals surface area contributed by atoms with E-state index in [2.05, 4.69) is 15.1 Å². The van der Waals surface area contributed by atoms with E-state index in [0.29, 0.717) is 10.9 Å². The van der Waals surface area contributed by atoms with Crippen LogP contribution in [0.4, 0.5) is 0 Å². The van der Waals surface area contributed by atoms with Gasteiger partial charge in [0.05, 0.1) is 5.69 Å². The van der Waals surface area contributed by atoms with Crippen LogP contribution in [0.1, 0.15) is 18.7 Å². The van der Waals surface area contributed by atoms with Crippen molar-refractivity contribution in [1.29, 1.82) is 0 Å². The first kappa shape index (κ1) is 9.12. The molecule has 0 N–H and O–H groups in total. The Morgan fingerprint density at radius 2 is 2.42 bits per heavy atom. The van der Waals surface area contributed by atoms with E-state index < -0.39 is 0 Å². The first-order valence-corrected chi connectivity index (χ1v) is 4.69. The minimum Gasteiger partial charge on any atom is -0.231 e. The molecule has 64 valence electrons. The largest absolute Gasteiger partial charge is 0.231 e. The van der Waals surface area contributed by atoms with Crippen molar-refractivity contribution < 1.29 is 0 Å². The SMILES string of the molecule is CSc1nccc(C(C)N=O)n1. The molecule has 0 amide bonds. The van der Waals surface area contributed by atoms with Gasteiger partial charge in [-0.25, -0.2) is 9.97 Å². The normalized spacial score (nSPS) is 12.5. The fourth-order valence-corrected chi connectivity index (χ4v) is 1.10. The van der Waals surface area contributed by atoms with Crippen molar-refractivity contribution in [3.63, 3.8) is 0 Å². The molecule has 0 spiro atoms. The second-order valence-electron chi connectivity index (χ2n) is 2.25. The van der Waals surface area contributed by atoms with Gasteiger partial charge >= 0.3 is 0 Å². The fourth-order valence-electron chi connectivity index (χ4n) is 0.739. The number of hydrogen-bond donors (Lipinski definition) is 0. The van der Waals surface area contributed by atoms with Gasteiger partial charge in [-0.3, -0.25) is 0 Å². The molecule has 5 heteroatoms. The number of nitrogens with zero attached hydrogens (tertiary/aromatic N) is 3. The van der Waals surface area contributed by atoms with Gasteiger partial charge in [-0.05, 0) is 19.2 Å². The Hall–Kier alpha value is -0.970. The topological polar surface area (TPSA) is 55.2 Å². The molecule has 1 rings (SSSR count). The van der Waals surface area contributed by atoms with Crippen LogP contribution >= 0.6 is 11.8 Å². The van der Waals surface area contributed by atoms with Crippen LogP contribution in [0.25, 0.3) is 0 Å². The summed E-state index contributed by atoms with van der Waals surface area (Å²) >= 11 is 1.44. The maximum atomic E-state index is 10.2. The van der Waals surface area contributed by atoms with Crippen LogP contribution in [0.5, 0.6) is 0 Å². The van der Waals surface area contributed by atoms with Gasteiger partial charge in [-0.2, -0.15) is 4.91 Å². The second kappa shape index (κ2) is 4.15. The van der Waals surface area contributed by atoms with E-state index in [4.69, 9.17) is 0 Å². The molecule has 4 nitrogen and oxygen atoms in total. The quantitative estimate of drug-likeness (QED) is 0.408. The smallest absolute Gasteiger partial charge is 0.187 e. The summed E-state index contributed by atoms with van der Waals surface area (Å²) in [4.78, 5) is 18.3. The molecule has 1 aromatic heterocycles. The lowest BCUT2D eigenvalue weighted by molar-refractivity contribution is 0.744. The lowest BCUT2D eigenvalue weighted by Crippen LogP contribution is -1.95. The van der Waals surface area contributed by atoms with Crippen molar-refractivity contribution in [3.8, 4) is 0 Å². The molecule has 1 aromatic rings. The van der Waals surface area contributed by atoms with Crippen LogP contribution in [-0.2, 0) is 0 Å². The molecule has 0 aliphatic carbocycles. The molecule has 0 bridgehead atoms. The Labute approximate surface area is 74.8 Å². The van der Waals surface area contributed by atoms with Crippen LogP contribution in [0.2, 0.25) is 0 Å². The van der Waals surface area contributed by atoms with Gasteiger partial charge in [0.1, 0.15) is 6.04 Å². The van der Waals surface area contributed by atoms with E-state index in [-0.39, 0.29) is 6.04 Å². The third-order valence-corrected chi connectivity index (χ3v) is 1.99. The maximum absolute atomic E-state index is 10.2. The number of rotatable bonds is 3. The molecule has 12 heavy (non-hydrogen) atoms. The van der Waals surface area contributed by atoms with Gasteiger partial charge in [0.2, 0.25) is 0 Å². The van der Waals surface area contributed by atoms with E-state index in [0.717, 1.165) is 0 Å². The van der Waals surface area contributed by atoms with Crippen molar-refractivity contribution in [2.45, 2.75) is 18.1 Å². The highest BCUT2D eigenvalue weighted by Gasteiger charge is 2.06. The number of thioether (sulfide) groups is 1. The van der Waals surface area contributed by atoms with Crippen molar-refractivity contribution in [2.75, 3.05) is 6.26 Å². The van der Waals surface area contributed by atoms with E-state index in [1.165, 1.54) is 11.8 Å². The zero-order valence-electron chi connectivity index (χ0n) is 6.89. The molecule has 0 aliphatic heterocycles. The summed E-state index contributed by atoms with van der Waals surface area (Å²) in [6, 6.07) is 1.31. The summed E-state index contributed by atoms with van der Waals surface area (Å²) < 4.78 is 0. The van der Waals surface area contributed by atoms with Crippen LogP contribution in [0.15, 0.2) is 22.6 Å². The monoisotopic (exact) mass is 183 g/mol. The Bertz CT molecular complexity index is 279. The molecule has 0 saturated carbocycles. The Morgan fingerprint density at radius 3 is 3.00 bits per heavy atom. The van der Waals surface area contributed by atoms with Crippen LogP contribution < -0.4 is 0 Å². The van der Waals surface area contributed by atoms with E-state index >= 15 is 0 Å². The van der Waals surface area contributed by atoms with Crippen molar-refractivity contribution in [2.24, 2.45) is 5.18 Å². The Balaban J connectivity index is 2.93. The highest BCUT2D eigenvalue weighted by atomic mass is 32.2. The van der Waals surface area contributed by atoms with Crippen LogP contribution in [0, 0.1) is 4.91 Å². The predicted octanol–water partition coefficient (Wildman–Crippen LogP) is 2.03. The van der Waals surface area contributed by atoms with Crippen molar-refractivity contribution in [3.05, 3.63) is 22.9 Å². The van der Waals surface area contributed by atoms with Gasteiger partial charge in [-0.1, -0.05) is 16.9 Å². The molecule has 0 radical (unpaired) electrons. The molecule has 0 saturated heterocycles. The first-order valence-electron chi connectivity index (χ1n) is 3.47. The van der Waals surface area contributed by atoms with E-state index in [9.17, 15) is 4.91 Å². The molecule has 1 unspecified atom stereocenters. The zero-order valence-corrected chi connectivity index (χ0v) is 7.71. The fraction of sp³-hybridized carbons (Fsp3) is 0.429. The van der Waals surface area contributed by atoms with Crippen LogP contribution in [-0.4, -0.2) is 16.2 Å². The Kier molecular flexibility index (Phi) is 3.16. The summed E-state index contributed by atoms with van der Waals surface area (Å²) in [5, 5.41) is 3.55. The third kappa shape index (κ3) is 2.01. The molecular formula is C7H9N3OS. The molecule has 0 fully saturated rings. The van der Waals surface area contributed by atoms with Crippen molar-refractivity contribution in [1.82, 2.24) is 9.97 Å². The number of nitroso groups, excluding NO2 is 1. The number of hydrogen-bond acceptors (Lipinski definition) is 5. The Morgan fingerprint density at radius 1 is 1.67 bits per heavy atom. The average Bonchev–Trinajstić information content (AvgIpc) is 2.17. The van der Waals surface area contributed by atoms with Crippen LogP contribution in [0.3, 0.4) is 0 Å². The lowest BCUT2D eigenvalue weighted by atomic mass is 10.2. The standard InChI is InChI=1S/C7H9N3OS/c1-5(10-11)6-3-4-8-7(9-6)12-2/h3-5H,1-2H3. The molecule has 0 aliphatic rings. The summed E-state index contributed by atoms with van der Waals surface area (Å²) in [6.45, 7) is 1.71. The summed E-state index contributed by atoms with van der Waals surface area (Å²) in [6.07, 6.45) is 3.52.